The van der Waals surface area contributed by atoms with E-state index in [2.05, 4.69) is 41.7 Å². The number of aromatic nitrogens is 2. The minimum atomic E-state index is 0.785. The van der Waals surface area contributed by atoms with Gasteiger partial charge in [-0.15, -0.1) is 0 Å². The maximum Gasteiger partial charge on any atom is 0.139 e. The molecular formula is C15H22N2. The molecule has 0 N–H and O–H groups in total. The Hall–Kier alpha value is -1.31. The lowest BCUT2D eigenvalue weighted by atomic mass is 9.99. The molecule has 2 rings (SSSR count). The summed E-state index contributed by atoms with van der Waals surface area (Å²) in [6.07, 6.45) is 9.27. The monoisotopic (exact) mass is 230 g/mol. The van der Waals surface area contributed by atoms with Crippen LogP contribution in [0, 0.1) is 5.92 Å². The first-order valence-corrected chi connectivity index (χ1v) is 6.75. The third-order valence-corrected chi connectivity index (χ3v) is 3.52. The average Bonchev–Trinajstić information content (AvgIpc) is 2.78. The molecule has 0 aromatic carbocycles. The van der Waals surface area contributed by atoms with Crippen LogP contribution in [0.2, 0.25) is 0 Å². The Morgan fingerprint density at radius 3 is 2.94 bits per heavy atom. The van der Waals surface area contributed by atoms with Crippen LogP contribution in [0.25, 0.3) is 11.0 Å². The van der Waals surface area contributed by atoms with Gasteiger partial charge in [0.25, 0.3) is 0 Å². The van der Waals surface area contributed by atoms with Gasteiger partial charge in [0.05, 0.1) is 0 Å². The highest BCUT2D eigenvalue weighted by Crippen LogP contribution is 2.19. The third-order valence-electron chi connectivity index (χ3n) is 3.52. The van der Waals surface area contributed by atoms with Crippen molar-refractivity contribution in [2.24, 2.45) is 5.92 Å². The molecule has 0 saturated heterocycles. The zero-order valence-electron chi connectivity index (χ0n) is 10.9. The van der Waals surface area contributed by atoms with Crippen LogP contribution < -0.4 is 0 Å². The molecular weight excluding hydrogens is 208 g/mol. The number of hydrogen-bond acceptors (Lipinski definition) is 1. The second-order valence-corrected chi connectivity index (χ2v) is 4.80. The highest BCUT2D eigenvalue weighted by atomic mass is 15.0. The van der Waals surface area contributed by atoms with Crippen molar-refractivity contribution in [1.82, 2.24) is 9.55 Å². The Labute approximate surface area is 104 Å². The number of nitrogens with zero attached hydrogens (tertiary/aromatic N) is 2. The van der Waals surface area contributed by atoms with E-state index in [1.165, 1.54) is 31.1 Å². The Morgan fingerprint density at radius 1 is 1.29 bits per heavy atom. The van der Waals surface area contributed by atoms with Crippen molar-refractivity contribution < 1.29 is 0 Å². The summed E-state index contributed by atoms with van der Waals surface area (Å²) in [4.78, 5) is 4.47. The van der Waals surface area contributed by atoms with E-state index in [9.17, 15) is 0 Å². The third kappa shape index (κ3) is 2.87. The van der Waals surface area contributed by atoms with E-state index in [1.54, 1.807) is 0 Å². The minimum Gasteiger partial charge on any atom is -0.332 e. The molecule has 92 valence electrons. The summed E-state index contributed by atoms with van der Waals surface area (Å²) in [6.45, 7) is 5.66. The number of pyridine rings is 1. The molecule has 0 radical (unpaired) electrons. The lowest BCUT2D eigenvalue weighted by Gasteiger charge is -2.15. The predicted octanol–water partition coefficient (Wildman–Crippen LogP) is 4.25. The van der Waals surface area contributed by atoms with Gasteiger partial charge in [-0.25, -0.2) is 4.98 Å². The van der Waals surface area contributed by atoms with Gasteiger partial charge in [-0.2, -0.15) is 0 Å². The van der Waals surface area contributed by atoms with Crippen LogP contribution in [0.15, 0.2) is 30.6 Å². The summed E-state index contributed by atoms with van der Waals surface area (Å²) in [6, 6.07) is 6.29. The number of rotatable bonds is 6. The van der Waals surface area contributed by atoms with Gasteiger partial charge in [0.15, 0.2) is 0 Å². The number of hydrogen-bond donors (Lipinski definition) is 0. The zero-order chi connectivity index (χ0) is 12.1. The molecule has 1 atom stereocenters. The normalized spacial score (nSPS) is 13.1. The van der Waals surface area contributed by atoms with Gasteiger partial charge in [0.1, 0.15) is 5.65 Å². The predicted molar refractivity (Wildman–Crippen MR) is 73.0 cm³/mol. The quantitative estimate of drug-likeness (QED) is 0.725. The molecule has 2 heterocycles. The van der Waals surface area contributed by atoms with Gasteiger partial charge in [-0.05, 0) is 30.5 Å². The maximum atomic E-state index is 4.47. The molecule has 0 aliphatic heterocycles. The van der Waals surface area contributed by atoms with Crippen molar-refractivity contribution in [3.05, 3.63) is 30.6 Å². The summed E-state index contributed by atoms with van der Waals surface area (Å²) >= 11 is 0. The summed E-state index contributed by atoms with van der Waals surface area (Å²) in [5, 5.41) is 1.25. The van der Waals surface area contributed by atoms with Crippen LogP contribution in [0.1, 0.15) is 39.5 Å². The SMILES string of the molecule is CCCCC(CC)Cn1ccc2cccnc21. The van der Waals surface area contributed by atoms with Crippen LogP contribution in [0.5, 0.6) is 0 Å². The fraction of sp³-hybridized carbons (Fsp3) is 0.533. The van der Waals surface area contributed by atoms with Crippen molar-refractivity contribution in [3.8, 4) is 0 Å². The molecule has 0 spiro atoms. The van der Waals surface area contributed by atoms with Gasteiger partial charge in [-0.1, -0.05) is 33.1 Å². The van der Waals surface area contributed by atoms with E-state index in [-0.39, 0.29) is 0 Å². The number of unbranched alkanes of at least 4 members (excludes halogenated alkanes) is 1. The van der Waals surface area contributed by atoms with Crippen molar-refractivity contribution in [3.63, 3.8) is 0 Å². The Kier molecular flexibility index (Phi) is 4.18. The van der Waals surface area contributed by atoms with Crippen molar-refractivity contribution in [1.29, 1.82) is 0 Å². The molecule has 2 aromatic rings. The fourth-order valence-electron chi connectivity index (χ4n) is 2.36. The first-order chi connectivity index (χ1) is 8.35. The van der Waals surface area contributed by atoms with Crippen molar-refractivity contribution >= 4 is 11.0 Å². The van der Waals surface area contributed by atoms with E-state index in [4.69, 9.17) is 0 Å². The van der Waals surface area contributed by atoms with Crippen LogP contribution in [0.3, 0.4) is 0 Å². The Bertz CT molecular complexity index is 459. The maximum absolute atomic E-state index is 4.47. The van der Waals surface area contributed by atoms with Gasteiger partial charge in [-0.3, -0.25) is 0 Å². The molecule has 0 aliphatic carbocycles. The summed E-state index contributed by atoms with van der Waals surface area (Å²) < 4.78 is 2.30. The molecule has 0 bridgehead atoms. The first kappa shape index (κ1) is 12.2. The molecule has 2 heteroatoms. The summed E-state index contributed by atoms with van der Waals surface area (Å²) in [5.41, 5.74) is 1.13. The standard InChI is InChI=1S/C15H22N2/c1-3-5-7-13(4-2)12-17-11-9-14-8-6-10-16-15(14)17/h6,8-11,13H,3-5,7,12H2,1-2H3. The molecule has 0 amide bonds. The lowest BCUT2D eigenvalue weighted by Crippen LogP contribution is -2.09. The highest BCUT2D eigenvalue weighted by Gasteiger charge is 2.09. The van der Waals surface area contributed by atoms with E-state index in [0.29, 0.717) is 0 Å². The minimum absolute atomic E-state index is 0.785. The summed E-state index contributed by atoms with van der Waals surface area (Å²) in [5.74, 6) is 0.785. The average molecular weight is 230 g/mol. The Morgan fingerprint density at radius 2 is 2.18 bits per heavy atom. The van der Waals surface area contributed by atoms with E-state index in [0.717, 1.165) is 18.1 Å². The molecule has 1 unspecified atom stereocenters. The lowest BCUT2D eigenvalue weighted by molar-refractivity contribution is 0.395. The van der Waals surface area contributed by atoms with Crippen LogP contribution >= 0.6 is 0 Å². The van der Waals surface area contributed by atoms with E-state index < -0.39 is 0 Å². The molecule has 0 fully saturated rings. The zero-order valence-corrected chi connectivity index (χ0v) is 10.9. The van der Waals surface area contributed by atoms with Crippen molar-refractivity contribution in [2.45, 2.75) is 46.1 Å². The topological polar surface area (TPSA) is 17.8 Å². The molecule has 17 heavy (non-hydrogen) atoms. The van der Waals surface area contributed by atoms with E-state index >= 15 is 0 Å². The van der Waals surface area contributed by atoms with Gasteiger partial charge in [0, 0.05) is 24.3 Å². The molecule has 2 nitrogen and oxygen atoms in total. The second-order valence-electron chi connectivity index (χ2n) is 4.80. The van der Waals surface area contributed by atoms with Crippen LogP contribution in [0.4, 0.5) is 0 Å². The first-order valence-electron chi connectivity index (χ1n) is 6.75. The largest absolute Gasteiger partial charge is 0.332 e. The van der Waals surface area contributed by atoms with Crippen molar-refractivity contribution in [2.75, 3.05) is 0 Å². The van der Waals surface area contributed by atoms with Gasteiger partial charge >= 0.3 is 0 Å². The molecule has 2 aromatic heterocycles. The second kappa shape index (κ2) is 5.85. The smallest absolute Gasteiger partial charge is 0.139 e. The number of fused-ring (bicyclic) bond motifs is 1. The van der Waals surface area contributed by atoms with Gasteiger partial charge in [0.2, 0.25) is 0 Å². The molecule has 0 saturated carbocycles. The molecule has 0 aliphatic rings. The summed E-state index contributed by atoms with van der Waals surface area (Å²) in [7, 11) is 0. The Balaban J connectivity index is 2.11. The van der Waals surface area contributed by atoms with Crippen LogP contribution in [-0.4, -0.2) is 9.55 Å². The van der Waals surface area contributed by atoms with Crippen LogP contribution in [-0.2, 0) is 6.54 Å². The van der Waals surface area contributed by atoms with E-state index in [1.807, 2.05) is 12.3 Å². The van der Waals surface area contributed by atoms with Gasteiger partial charge < -0.3 is 4.57 Å². The highest BCUT2D eigenvalue weighted by molar-refractivity contribution is 5.75. The fourth-order valence-corrected chi connectivity index (χ4v) is 2.36.